The molecule has 0 fully saturated rings. The van der Waals surface area contributed by atoms with E-state index in [1.807, 2.05) is 20.8 Å². The van der Waals surface area contributed by atoms with Gasteiger partial charge in [0.25, 0.3) is 0 Å². The van der Waals surface area contributed by atoms with E-state index in [0.29, 0.717) is 51.0 Å². The van der Waals surface area contributed by atoms with Gasteiger partial charge >= 0.3 is 6.09 Å². The van der Waals surface area contributed by atoms with Crippen LogP contribution in [0.4, 0.5) is 10.5 Å². The molecule has 0 radical (unpaired) electrons. The molecule has 0 aliphatic heterocycles. The first-order valence-electron chi connectivity index (χ1n) is 12.6. The third-order valence-electron chi connectivity index (χ3n) is 5.16. The lowest BCUT2D eigenvalue weighted by Gasteiger charge is -2.19. The molecule has 0 saturated heterocycles. The lowest BCUT2D eigenvalue weighted by Crippen LogP contribution is -2.30. The number of nitrogens with one attached hydrogen (secondary N) is 2. The highest BCUT2D eigenvalue weighted by Crippen LogP contribution is 2.28. The summed E-state index contributed by atoms with van der Waals surface area (Å²) in [6.45, 7) is 8.61. The van der Waals surface area contributed by atoms with Crippen LogP contribution in [0.1, 0.15) is 20.8 Å². The quantitative estimate of drug-likeness (QED) is 0.149. The second-order valence-electron chi connectivity index (χ2n) is 9.37. The Bertz CT molecular complexity index is 1120. The lowest BCUT2D eigenvalue weighted by molar-refractivity contribution is 0.0143. The third kappa shape index (κ3) is 13.7. The second kappa shape index (κ2) is 18.8. The summed E-state index contributed by atoms with van der Waals surface area (Å²) in [6, 6.07) is 4.56. The molecule has 1 unspecified atom stereocenters. The molecule has 0 heterocycles. The average molecular weight is 647 g/mol. The third-order valence-corrected chi connectivity index (χ3v) is 8.62. The zero-order chi connectivity index (χ0) is 30.0. The topological polar surface area (TPSA) is 125 Å². The Morgan fingerprint density at radius 3 is 2.33 bits per heavy atom. The standard InChI is InChI=1S/C27H40BrN3O8S/c1-7-11-29-23-9-8-22(21-24(23)35-6)40(33,34)31(5)13-16-37-18-20-38-19-17-36-15-12-30-26(32)39-14-10-25(28)27(2,3)4/h1,8-9,21,25,29H,11-13,15-20H2,2-6H3,(H,30,32). The van der Waals surface area contributed by atoms with Crippen LogP contribution in [-0.2, 0) is 29.0 Å². The molecule has 0 spiro atoms. The van der Waals surface area contributed by atoms with E-state index in [4.69, 9.17) is 30.1 Å². The Labute approximate surface area is 246 Å². The van der Waals surface area contributed by atoms with E-state index in [0.717, 1.165) is 0 Å². The summed E-state index contributed by atoms with van der Waals surface area (Å²) in [5.41, 5.74) is 0.540. The molecule has 2 N–H and O–H groups in total. The number of terminal acetylenes is 1. The number of benzene rings is 1. The van der Waals surface area contributed by atoms with Crippen molar-refractivity contribution in [1.29, 1.82) is 0 Å². The molecular weight excluding hydrogens is 606 g/mol. The zero-order valence-corrected chi connectivity index (χ0v) is 26.2. The Kier molecular flexibility index (Phi) is 16.6. The summed E-state index contributed by atoms with van der Waals surface area (Å²) in [6.07, 6.45) is 7.01. The average Bonchev–Trinajstić information content (AvgIpc) is 2.91. The summed E-state index contributed by atoms with van der Waals surface area (Å²) in [5, 5.41) is 5.52. The molecule has 1 atom stereocenters. The van der Waals surface area contributed by atoms with Gasteiger partial charge in [-0.2, -0.15) is 4.31 Å². The van der Waals surface area contributed by atoms with Gasteiger partial charge in [0.15, 0.2) is 0 Å². The monoisotopic (exact) mass is 645 g/mol. The highest BCUT2D eigenvalue weighted by Gasteiger charge is 2.22. The summed E-state index contributed by atoms with van der Waals surface area (Å²) in [4.78, 5) is 11.6. The molecule has 1 amide bonds. The van der Waals surface area contributed by atoms with Crippen LogP contribution in [0, 0.1) is 29.8 Å². The van der Waals surface area contributed by atoms with Gasteiger partial charge in [0.2, 0.25) is 10.0 Å². The molecule has 11 nitrogen and oxygen atoms in total. The number of alkyl halides is 1. The fourth-order valence-electron chi connectivity index (χ4n) is 2.76. The minimum absolute atomic E-state index is 0.0697. The maximum Gasteiger partial charge on any atom is 0.421 e. The Morgan fingerprint density at radius 2 is 1.73 bits per heavy atom. The van der Waals surface area contributed by atoms with E-state index in [9.17, 15) is 13.2 Å². The van der Waals surface area contributed by atoms with Crippen LogP contribution in [0.3, 0.4) is 0 Å². The smallest absolute Gasteiger partial charge is 0.421 e. The highest BCUT2D eigenvalue weighted by atomic mass is 79.9. The molecule has 1 rings (SSSR count). The van der Waals surface area contributed by atoms with Gasteiger partial charge in [0.05, 0.1) is 68.7 Å². The maximum atomic E-state index is 12.9. The Morgan fingerprint density at radius 1 is 1.10 bits per heavy atom. The van der Waals surface area contributed by atoms with Gasteiger partial charge < -0.3 is 34.3 Å². The molecule has 0 aromatic heterocycles. The van der Waals surface area contributed by atoms with E-state index in [-0.39, 0.29) is 34.8 Å². The van der Waals surface area contributed by atoms with Crippen molar-refractivity contribution >= 4 is 37.7 Å². The number of carbonyl (C=O) groups excluding carboxylic acids is 1. The summed E-state index contributed by atoms with van der Waals surface area (Å²) >= 11 is 3.43. The Balaban J connectivity index is 2.15. The minimum Gasteiger partial charge on any atom is -0.495 e. The van der Waals surface area contributed by atoms with Crippen molar-refractivity contribution in [2.24, 2.45) is 5.41 Å². The number of hydrogen-bond donors (Lipinski definition) is 2. The number of carbonyl (C=O) groups is 1. The van der Waals surface area contributed by atoms with Gasteiger partial charge in [-0.25, -0.2) is 13.2 Å². The molecule has 1 aromatic carbocycles. The van der Waals surface area contributed by atoms with E-state index in [2.05, 4.69) is 44.5 Å². The fourth-order valence-corrected chi connectivity index (χ4v) is 4.03. The van der Waals surface area contributed by atoms with Gasteiger partial charge in [-0.05, 0) is 23.5 Å². The van der Waals surface area contributed by atoms with Crippen LogP contribution in [0.5, 0.6) is 5.75 Å². The van der Waals surface area contributed by atoms with Crippen molar-refractivity contribution in [2.75, 3.05) is 78.7 Å². The molecule has 0 saturated carbocycles. The van der Waals surface area contributed by atoms with Crippen LogP contribution in [0.2, 0.25) is 0 Å². The molecule has 0 aliphatic rings. The summed E-state index contributed by atoms with van der Waals surface area (Å²) < 4.78 is 53.3. The molecule has 40 heavy (non-hydrogen) atoms. The van der Waals surface area contributed by atoms with Gasteiger partial charge in [0.1, 0.15) is 11.9 Å². The number of methoxy groups -OCH3 is 1. The molecule has 224 valence electrons. The van der Waals surface area contributed by atoms with E-state index in [1.54, 1.807) is 6.07 Å². The number of halogens is 1. The van der Waals surface area contributed by atoms with Crippen molar-refractivity contribution in [3.63, 3.8) is 0 Å². The van der Waals surface area contributed by atoms with E-state index < -0.39 is 16.1 Å². The fraction of sp³-hybridized carbons (Fsp3) is 0.593. The van der Waals surface area contributed by atoms with Crippen LogP contribution in [-0.4, -0.2) is 97.1 Å². The predicted molar refractivity (Wildman–Crippen MR) is 157 cm³/mol. The maximum absolute atomic E-state index is 12.9. The van der Waals surface area contributed by atoms with Crippen LogP contribution < -0.4 is 15.4 Å². The van der Waals surface area contributed by atoms with Crippen molar-refractivity contribution in [2.45, 2.75) is 30.5 Å². The molecule has 13 heteroatoms. The van der Waals surface area contributed by atoms with Gasteiger partial charge in [-0.1, -0.05) is 42.6 Å². The minimum atomic E-state index is -3.73. The first-order valence-corrected chi connectivity index (χ1v) is 14.9. The number of likely N-dealkylation sites (N-methyl/N-ethyl adjacent to an activating group) is 1. The van der Waals surface area contributed by atoms with Crippen molar-refractivity contribution in [3.8, 4) is 30.1 Å². The highest BCUT2D eigenvalue weighted by molar-refractivity contribution is 9.09. The number of anilines is 1. The summed E-state index contributed by atoms with van der Waals surface area (Å²) in [5.74, 6) is 5.65. The molecule has 1 aromatic rings. The number of amides is 1. The lowest BCUT2D eigenvalue weighted by atomic mass is 9.93. The number of hydrogen-bond acceptors (Lipinski definition) is 9. The number of nitrogens with zero attached hydrogens (tertiary/aromatic N) is 1. The van der Waals surface area contributed by atoms with Crippen molar-refractivity contribution in [3.05, 3.63) is 18.2 Å². The first-order chi connectivity index (χ1) is 18.9. The van der Waals surface area contributed by atoms with Crippen LogP contribution >= 0.6 is 15.9 Å². The molecule has 0 aliphatic carbocycles. The van der Waals surface area contributed by atoms with E-state index in [1.165, 1.54) is 30.6 Å². The van der Waals surface area contributed by atoms with E-state index >= 15 is 0 Å². The molecule has 0 bridgehead atoms. The largest absolute Gasteiger partial charge is 0.495 e. The molecular formula is C27H40BrN3O8S. The second-order valence-corrected chi connectivity index (χ2v) is 12.3. The number of alkyl carbamates (subject to hydrolysis) is 1. The normalized spacial score (nSPS) is 12.2. The number of sulfonamides is 1. The van der Waals surface area contributed by atoms with Crippen molar-refractivity contribution < 1.29 is 36.9 Å². The summed E-state index contributed by atoms with van der Waals surface area (Å²) in [7, 11) is -0.784. The van der Waals surface area contributed by atoms with Gasteiger partial charge in [-0.3, -0.25) is 0 Å². The first kappa shape index (κ1) is 35.5. The predicted octanol–water partition coefficient (Wildman–Crippen LogP) is 2.91. The van der Waals surface area contributed by atoms with Crippen LogP contribution in [0.25, 0.3) is 0 Å². The van der Waals surface area contributed by atoms with Crippen molar-refractivity contribution in [1.82, 2.24) is 9.62 Å². The van der Waals surface area contributed by atoms with Gasteiger partial charge in [0, 0.05) is 26.2 Å². The number of ether oxygens (including phenoxy) is 5. The van der Waals surface area contributed by atoms with Gasteiger partial charge in [-0.15, -0.1) is 6.42 Å². The Hall–Kier alpha value is -2.52. The SMILES string of the molecule is C#CCNc1ccc(S(=O)(=O)N(C)CCOCCOCCOCCNC(=O)OC#CC(Br)C(C)(C)C)cc1OC. The zero-order valence-electron chi connectivity index (χ0n) is 23.8. The van der Waals surface area contributed by atoms with Crippen LogP contribution in [0.15, 0.2) is 23.1 Å². The number of rotatable bonds is 17.